The van der Waals surface area contributed by atoms with Crippen molar-refractivity contribution >= 4 is 11.9 Å². The van der Waals surface area contributed by atoms with Gasteiger partial charge in [0.15, 0.2) is 0 Å². The second-order valence-corrected chi connectivity index (χ2v) is 6.22. The Morgan fingerprint density at radius 2 is 1.65 bits per heavy atom. The molecule has 5 heteroatoms. The van der Waals surface area contributed by atoms with Gasteiger partial charge in [0.2, 0.25) is 11.9 Å². The predicted molar refractivity (Wildman–Crippen MR) is 88.1 cm³/mol. The third-order valence-corrected chi connectivity index (χ3v) is 4.76. The van der Waals surface area contributed by atoms with Gasteiger partial charge in [-0.1, -0.05) is 30.3 Å². The number of nitrogens with zero attached hydrogens (tertiary/aromatic N) is 4. The highest BCUT2D eigenvalue weighted by Crippen LogP contribution is 2.48. The molecule has 0 radical (unpaired) electrons. The van der Waals surface area contributed by atoms with Crippen LogP contribution >= 0.6 is 0 Å². The minimum Gasteiger partial charge on any atom is -0.339 e. The molecule has 0 N–H and O–H groups in total. The molecule has 2 aliphatic rings. The number of rotatable bonds is 3. The Balaban J connectivity index is 1.34. The maximum Gasteiger partial charge on any atom is 0.226 e. The third-order valence-electron chi connectivity index (χ3n) is 4.76. The highest BCUT2D eigenvalue weighted by Gasteiger charge is 2.46. The molecule has 1 saturated heterocycles. The molecule has 2 heterocycles. The van der Waals surface area contributed by atoms with Gasteiger partial charge in [-0.25, -0.2) is 9.97 Å². The lowest BCUT2D eigenvalue weighted by atomic mass is 10.1. The van der Waals surface area contributed by atoms with Crippen molar-refractivity contribution in [1.29, 1.82) is 0 Å². The summed E-state index contributed by atoms with van der Waals surface area (Å²) in [7, 11) is 0. The van der Waals surface area contributed by atoms with Gasteiger partial charge in [-0.15, -0.1) is 0 Å². The number of carbonyl (C=O) groups excluding carboxylic acids is 1. The van der Waals surface area contributed by atoms with Crippen LogP contribution in [0.5, 0.6) is 0 Å². The first-order chi connectivity index (χ1) is 11.3. The number of benzene rings is 1. The number of hydrogen-bond donors (Lipinski definition) is 0. The van der Waals surface area contributed by atoms with Gasteiger partial charge in [-0.3, -0.25) is 4.79 Å². The minimum absolute atomic E-state index is 0.178. The summed E-state index contributed by atoms with van der Waals surface area (Å²) < 4.78 is 0. The highest BCUT2D eigenvalue weighted by atomic mass is 16.2. The van der Waals surface area contributed by atoms with E-state index in [9.17, 15) is 4.79 Å². The van der Waals surface area contributed by atoms with E-state index in [1.54, 1.807) is 12.4 Å². The van der Waals surface area contributed by atoms with Crippen LogP contribution < -0.4 is 4.90 Å². The molecule has 118 valence electrons. The predicted octanol–water partition coefficient (Wildman–Crippen LogP) is 1.93. The smallest absolute Gasteiger partial charge is 0.226 e. The highest BCUT2D eigenvalue weighted by molar-refractivity contribution is 5.83. The number of piperazine rings is 1. The normalized spacial score (nSPS) is 23.7. The molecule has 2 fully saturated rings. The maximum absolute atomic E-state index is 12.7. The number of aromatic nitrogens is 2. The van der Waals surface area contributed by atoms with Crippen LogP contribution in [0.25, 0.3) is 0 Å². The lowest BCUT2D eigenvalue weighted by Crippen LogP contribution is -2.49. The van der Waals surface area contributed by atoms with Crippen molar-refractivity contribution in [3.63, 3.8) is 0 Å². The van der Waals surface area contributed by atoms with E-state index in [0.717, 1.165) is 38.5 Å². The fraction of sp³-hybridized carbons (Fsp3) is 0.389. The first-order valence-corrected chi connectivity index (χ1v) is 8.18. The summed E-state index contributed by atoms with van der Waals surface area (Å²) >= 11 is 0. The summed E-state index contributed by atoms with van der Waals surface area (Å²) in [6, 6.07) is 12.2. The Morgan fingerprint density at radius 1 is 0.957 bits per heavy atom. The van der Waals surface area contributed by atoms with Crippen LogP contribution in [0.1, 0.15) is 17.9 Å². The van der Waals surface area contributed by atoms with E-state index in [-0.39, 0.29) is 5.92 Å². The molecule has 0 spiro atoms. The molecule has 1 aliphatic carbocycles. The lowest BCUT2D eigenvalue weighted by Gasteiger charge is -2.34. The summed E-state index contributed by atoms with van der Waals surface area (Å²) in [5, 5.41) is 0. The van der Waals surface area contributed by atoms with Gasteiger partial charge in [-0.2, -0.15) is 0 Å². The van der Waals surface area contributed by atoms with Crippen LogP contribution in [0.2, 0.25) is 0 Å². The van der Waals surface area contributed by atoms with Crippen molar-refractivity contribution in [1.82, 2.24) is 14.9 Å². The molecule has 4 rings (SSSR count). The van der Waals surface area contributed by atoms with Gasteiger partial charge in [0.05, 0.1) is 0 Å². The summed E-state index contributed by atoms with van der Waals surface area (Å²) in [5.41, 5.74) is 1.29. The number of amides is 1. The van der Waals surface area contributed by atoms with Crippen molar-refractivity contribution < 1.29 is 4.79 Å². The van der Waals surface area contributed by atoms with Gasteiger partial charge >= 0.3 is 0 Å². The summed E-state index contributed by atoms with van der Waals surface area (Å²) in [6.07, 6.45) is 4.51. The fourth-order valence-corrected chi connectivity index (χ4v) is 3.35. The van der Waals surface area contributed by atoms with Crippen LogP contribution in [0.4, 0.5) is 5.95 Å². The molecule has 23 heavy (non-hydrogen) atoms. The fourth-order valence-electron chi connectivity index (χ4n) is 3.35. The molecule has 1 aliphatic heterocycles. The van der Waals surface area contributed by atoms with Gasteiger partial charge in [0.25, 0.3) is 0 Å². The van der Waals surface area contributed by atoms with Crippen molar-refractivity contribution in [3.05, 3.63) is 54.4 Å². The standard InChI is InChI=1S/C18H20N4O/c23-17(16-13-15(16)14-5-2-1-3-6-14)21-9-11-22(12-10-21)18-19-7-4-8-20-18/h1-8,15-16H,9-13H2/t15-,16-/m1/s1. The summed E-state index contributed by atoms with van der Waals surface area (Å²) in [5.74, 6) is 1.66. The first-order valence-electron chi connectivity index (χ1n) is 8.18. The topological polar surface area (TPSA) is 49.3 Å². The Labute approximate surface area is 136 Å². The Hall–Kier alpha value is -2.43. The van der Waals surface area contributed by atoms with Crippen LogP contribution in [0.15, 0.2) is 48.8 Å². The van der Waals surface area contributed by atoms with E-state index >= 15 is 0 Å². The second kappa shape index (κ2) is 5.99. The molecule has 5 nitrogen and oxygen atoms in total. The molecule has 1 aromatic heterocycles. The van der Waals surface area contributed by atoms with Crippen LogP contribution in [0.3, 0.4) is 0 Å². The van der Waals surface area contributed by atoms with Crippen LogP contribution in [-0.4, -0.2) is 47.0 Å². The number of hydrogen-bond acceptors (Lipinski definition) is 4. The van der Waals surface area contributed by atoms with Crippen molar-refractivity contribution in [3.8, 4) is 0 Å². The number of carbonyl (C=O) groups is 1. The van der Waals surface area contributed by atoms with Crippen LogP contribution in [-0.2, 0) is 4.79 Å². The summed E-state index contributed by atoms with van der Waals surface area (Å²) in [6.45, 7) is 3.13. The zero-order chi connectivity index (χ0) is 15.6. The average molecular weight is 308 g/mol. The van der Waals surface area contributed by atoms with E-state index in [1.165, 1.54) is 5.56 Å². The van der Waals surface area contributed by atoms with Crippen molar-refractivity contribution in [2.24, 2.45) is 5.92 Å². The van der Waals surface area contributed by atoms with E-state index < -0.39 is 0 Å². The lowest BCUT2D eigenvalue weighted by molar-refractivity contribution is -0.133. The van der Waals surface area contributed by atoms with Gasteiger partial charge in [0.1, 0.15) is 0 Å². The van der Waals surface area contributed by atoms with Crippen molar-refractivity contribution in [2.45, 2.75) is 12.3 Å². The molecular formula is C18H20N4O. The molecule has 2 atom stereocenters. The summed E-state index contributed by atoms with van der Waals surface area (Å²) in [4.78, 5) is 25.4. The van der Waals surface area contributed by atoms with Crippen molar-refractivity contribution in [2.75, 3.05) is 31.1 Å². The zero-order valence-corrected chi connectivity index (χ0v) is 13.0. The molecule has 1 saturated carbocycles. The molecule has 0 bridgehead atoms. The Morgan fingerprint density at radius 3 is 2.35 bits per heavy atom. The van der Waals surface area contributed by atoms with Gasteiger partial charge in [-0.05, 0) is 24.0 Å². The maximum atomic E-state index is 12.7. The largest absolute Gasteiger partial charge is 0.339 e. The Kier molecular flexibility index (Phi) is 3.69. The Bertz CT molecular complexity index is 668. The van der Waals surface area contributed by atoms with E-state index in [0.29, 0.717) is 11.8 Å². The molecule has 0 unspecified atom stereocenters. The molecule has 2 aromatic rings. The molecule has 1 aromatic carbocycles. The second-order valence-electron chi connectivity index (χ2n) is 6.22. The van der Waals surface area contributed by atoms with Gasteiger partial charge < -0.3 is 9.80 Å². The minimum atomic E-state index is 0.178. The molecule has 1 amide bonds. The molecular weight excluding hydrogens is 288 g/mol. The average Bonchev–Trinajstić information content (AvgIpc) is 3.44. The SMILES string of the molecule is O=C([C@@H]1C[C@@H]1c1ccccc1)N1CCN(c2ncccn2)CC1. The van der Waals surface area contributed by atoms with E-state index in [1.807, 2.05) is 29.2 Å². The van der Waals surface area contributed by atoms with Gasteiger partial charge in [0, 0.05) is 44.5 Å². The monoisotopic (exact) mass is 308 g/mol. The third kappa shape index (κ3) is 2.91. The van der Waals surface area contributed by atoms with E-state index in [2.05, 4.69) is 27.0 Å². The number of anilines is 1. The quantitative estimate of drug-likeness (QED) is 0.869. The zero-order valence-electron chi connectivity index (χ0n) is 13.0. The first kappa shape index (κ1) is 14.2. The van der Waals surface area contributed by atoms with Crippen LogP contribution in [0, 0.1) is 5.92 Å². The van der Waals surface area contributed by atoms with E-state index in [4.69, 9.17) is 0 Å².